The minimum atomic E-state index is -0.143. The number of rotatable bonds is 9. The van der Waals surface area contributed by atoms with Crippen molar-refractivity contribution in [2.45, 2.75) is 19.3 Å². The molecule has 0 aliphatic carbocycles. The van der Waals surface area contributed by atoms with Gasteiger partial charge in [-0.25, -0.2) is 4.98 Å². The van der Waals surface area contributed by atoms with Gasteiger partial charge >= 0.3 is 0 Å². The normalized spacial score (nSPS) is 10.6. The molecule has 2 aromatic carbocycles. The topological polar surface area (TPSA) is 76.2 Å². The zero-order valence-electron chi connectivity index (χ0n) is 16.2. The van der Waals surface area contributed by atoms with Crippen LogP contribution in [0.15, 0.2) is 49.1 Å². The van der Waals surface area contributed by atoms with E-state index in [-0.39, 0.29) is 5.91 Å². The number of methoxy groups -OCH3 is 2. The van der Waals surface area contributed by atoms with E-state index in [1.807, 2.05) is 30.3 Å². The molecule has 0 saturated carbocycles. The molecule has 0 radical (unpaired) electrons. The molecule has 146 valence electrons. The van der Waals surface area contributed by atoms with E-state index >= 15 is 0 Å². The number of para-hydroxylation sites is 2. The predicted octanol–water partition coefficient (Wildman–Crippen LogP) is 3.67. The van der Waals surface area contributed by atoms with Crippen molar-refractivity contribution in [2.24, 2.45) is 0 Å². The Labute approximate surface area is 164 Å². The van der Waals surface area contributed by atoms with E-state index in [2.05, 4.69) is 21.9 Å². The number of nitrogens with zero attached hydrogens (tertiary/aromatic N) is 1. The fourth-order valence-electron chi connectivity index (χ4n) is 3.17. The quantitative estimate of drug-likeness (QED) is 0.439. The summed E-state index contributed by atoms with van der Waals surface area (Å²) in [6.45, 7) is 4.32. The Morgan fingerprint density at radius 1 is 1.25 bits per heavy atom. The van der Waals surface area contributed by atoms with Gasteiger partial charge in [0.25, 0.3) is 5.91 Å². The van der Waals surface area contributed by atoms with Crippen LogP contribution in [-0.4, -0.2) is 36.6 Å². The third kappa shape index (κ3) is 4.34. The predicted molar refractivity (Wildman–Crippen MR) is 110 cm³/mol. The molecule has 0 atom stereocenters. The standard InChI is InChI=1S/C22H25N3O3/c1-4-8-15-13-16(14-19(27-2)21(15)28-3)22(26)23-12-7-11-20-24-17-9-5-6-10-18(17)25-20/h4-6,9-10,13-14H,1,7-8,11-12H2,2-3H3,(H,23,26)(H,24,25). The van der Waals surface area contributed by atoms with Crippen LogP contribution in [0, 0.1) is 0 Å². The molecule has 1 amide bonds. The number of amides is 1. The first kappa shape index (κ1) is 19.5. The average molecular weight is 379 g/mol. The third-order valence-electron chi connectivity index (χ3n) is 4.50. The van der Waals surface area contributed by atoms with Crippen LogP contribution in [0.5, 0.6) is 11.5 Å². The van der Waals surface area contributed by atoms with Crippen LogP contribution < -0.4 is 14.8 Å². The summed E-state index contributed by atoms with van der Waals surface area (Å²) in [5.74, 6) is 1.95. The van der Waals surface area contributed by atoms with Gasteiger partial charge in [-0.15, -0.1) is 6.58 Å². The van der Waals surface area contributed by atoms with Gasteiger partial charge in [-0.2, -0.15) is 0 Å². The van der Waals surface area contributed by atoms with E-state index in [9.17, 15) is 4.79 Å². The van der Waals surface area contributed by atoms with Crippen molar-refractivity contribution in [3.8, 4) is 11.5 Å². The zero-order chi connectivity index (χ0) is 19.9. The van der Waals surface area contributed by atoms with Crippen LogP contribution in [0.25, 0.3) is 11.0 Å². The number of hydrogen-bond acceptors (Lipinski definition) is 4. The lowest BCUT2D eigenvalue weighted by molar-refractivity contribution is 0.0952. The van der Waals surface area contributed by atoms with Gasteiger partial charge in [0.15, 0.2) is 11.5 Å². The van der Waals surface area contributed by atoms with Crippen LogP contribution in [0.2, 0.25) is 0 Å². The molecule has 0 fully saturated rings. The summed E-state index contributed by atoms with van der Waals surface area (Å²) < 4.78 is 10.8. The molecule has 2 N–H and O–H groups in total. The highest BCUT2D eigenvalue weighted by molar-refractivity contribution is 5.95. The highest BCUT2D eigenvalue weighted by Gasteiger charge is 2.15. The van der Waals surface area contributed by atoms with E-state index in [4.69, 9.17) is 9.47 Å². The summed E-state index contributed by atoms with van der Waals surface area (Å²) in [7, 11) is 3.15. The van der Waals surface area contributed by atoms with Gasteiger partial charge in [0.05, 0.1) is 25.3 Å². The molecular weight excluding hydrogens is 354 g/mol. The molecule has 28 heavy (non-hydrogen) atoms. The number of H-pyrrole nitrogens is 1. The number of carbonyl (C=O) groups excluding carboxylic acids is 1. The molecule has 0 aliphatic heterocycles. The molecular formula is C22H25N3O3. The number of nitrogens with one attached hydrogen (secondary N) is 2. The van der Waals surface area contributed by atoms with Crippen molar-refractivity contribution < 1.29 is 14.3 Å². The fourth-order valence-corrected chi connectivity index (χ4v) is 3.17. The first-order valence-electron chi connectivity index (χ1n) is 9.24. The molecule has 0 spiro atoms. The molecule has 0 unspecified atom stereocenters. The fraction of sp³-hybridized carbons (Fsp3) is 0.273. The number of ether oxygens (including phenoxy) is 2. The van der Waals surface area contributed by atoms with E-state index in [0.717, 1.165) is 35.3 Å². The third-order valence-corrected chi connectivity index (χ3v) is 4.50. The van der Waals surface area contributed by atoms with Gasteiger partial charge in [0.1, 0.15) is 5.82 Å². The summed E-state index contributed by atoms with van der Waals surface area (Å²) in [5.41, 5.74) is 3.39. The summed E-state index contributed by atoms with van der Waals surface area (Å²) in [6.07, 6.45) is 3.92. The summed E-state index contributed by atoms with van der Waals surface area (Å²) >= 11 is 0. The van der Waals surface area contributed by atoms with Crippen molar-refractivity contribution >= 4 is 16.9 Å². The van der Waals surface area contributed by atoms with E-state index in [0.29, 0.717) is 30.0 Å². The minimum Gasteiger partial charge on any atom is -0.493 e. The van der Waals surface area contributed by atoms with Crippen molar-refractivity contribution in [1.82, 2.24) is 15.3 Å². The number of benzene rings is 2. The highest BCUT2D eigenvalue weighted by atomic mass is 16.5. The van der Waals surface area contributed by atoms with Gasteiger partial charge in [-0.1, -0.05) is 18.2 Å². The second kappa shape index (κ2) is 9.08. The number of hydrogen-bond donors (Lipinski definition) is 2. The average Bonchev–Trinajstić information content (AvgIpc) is 3.13. The summed E-state index contributed by atoms with van der Waals surface area (Å²) in [5, 5.41) is 2.96. The summed E-state index contributed by atoms with van der Waals surface area (Å²) in [4.78, 5) is 20.4. The van der Waals surface area contributed by atoms with Crippen LogP contribution in [-0.2, 0) is 12.8 Å². The van der Waals surface area contributed by atoms with Crippen molar-refractivity contribution in [3.63, 3.8) is 0 Å². The van der Waals surface area contributed by atoms with E-state index < -0.39 is 0 Å². The van der Waals surface area contributed by atoms with Crippen molar-refractivity contribution in [3.05, 3.63) is 66.0 Å². The smallest absolute Gasteiger partial charge is 0.251 e. The molecule has 0 saturated heterocycles. The Hall–Kier alpha value is -3.28. The number of aryl methyl sites for hydroxylation is 1. The Balaban J connectivity index is 1.61. The monoisotopic (exact) mass is 379 g/mol. The Morgan fingerprint density at radius 2 is 2.07 bits per heavy atom. The zero-order valence-corrected chi connectivity index (χ0v) is 16.2. The molecule has 1 heterocycles. The number of fused-ring (bicyclic) bond motifs is 1. The largest absolute Gasteiger partial charge is 0.493 e. The van der Waals surface area contributed by atoms with Gasteiger partial charge < -0.3 is 19.8 Å². The lowest BCUT2D eigenvalue weighted by Crippen LogP contribution is -2.25. The Kier molecular flexibility index (Phi) is 6.32. The Bertz CT molecular complexity index is 945. The van der Waals surface area contributed by atoms with Gasteiger partial charge in [0.2, 0.25) is 0 Å². The molecule has 3 rings (SSSR count). The maximum absolute atomic E-state index is 12.6. The van der Waals surface area contributed by atoms with Crippen LogP contribution >= 0.6 is 0 Å². The van der Waals surface area contributed by atoms with Gasteiger partial charge in [-0.3, -0.25) is 4.79 Å². The summed E-state index contributed by atoms with van der Waals surface area (Å²) in [6, 6.07) is 11.4. The molecule has 6 nitrogen and oxygen atoms in total. The van der Waals surface area contributed by atoms with Gasteiger partial charge in [0, 0.05) is 24.1 Å². The van der Waals surface area contributed by atoms with Crippen LogP contribution in [0.4, 0.5) is 0 Å². The lowest BCUT2D eigenvalue weighted by Gasteiger charge is -2.14. The molecule has 0 aliphatic rings. The number of aromatic nitrogens is 2. The molecule has 1 aromatic heterocycles. The number of aromatic amines is 1. The second-order valence-corrected chi connectivity index (χ2v) is 6.42. The van der Waals surface area contributed by atoms with Crippen molar-refractivity contribution in [1.29, 1.82) is 0 Å². The molecule has 3 aromatic rings. The lowest BCUT2D eigenvalue weighted by atomic mass is 10.0. The van der Waals surface area contributed by atoms with E-state index in [1.54, 1.807) is 26.4 Å². The van der Waals surface area contributed by atoms with Gasteiger partial charge in [-0.05, 0) is 37.1 Å². The SMILES string of the molecule is C=CCc1cc(C(=O)NCCCc2nc3ccccc3[nH]2)cc(OC)c1OC. The number of allylic oxidation sites excluding steroid dienone is 1. The first-order chi connectivity index (χ1) is 13.7. The maximum Gasteiger partial charge on any atom is 0.251 e. The van der Waals surface area contributed by atoms with Crippen LogP contribution in [0.3, 0.4) is 0 Å². The minimum absolute atomic E-state index is 0.143. The number of imidazole rings is 1. The second-order valence-electron chi connectivity index (χ2n) is 6.42. The first-order valence-corrected chi connectivity index (χ1v) is 9.24. The molecule has 6 heteroatoms. The van der Waals surface area contributed by atoms with E-state index in [1.165, 1.54) is 0 Å². The molecule has 0 bridgehead atoms. The highest BCUT2D eigenvalue weighted by Crippen LogP contribution is 2.33. The van der Waals surface area contributed by atoms with Crippen molar-refractivity contribution in [2.75, 3.05) is 20.8 Å². The number of carbonyl (C=O) groups is 1. The van der Waals surface area contributed by atoms with Crippen LogP contribution in [0.1, 0.15) is 28.2 Å². The maximum atomic E-state index is 12.6. The Morgan fingerprint density at radius 3 is 2.79 bits per heavy atom.